The minimum Gasteiger partial charge on any atom is -0.872 e. The first-order valence-corrected chi connectivity index (χ1v) is 19.3. The van der Waals surface area contributed by atoms with Crippen LogP contribution in [0.25, 0.3) is 28.8 Å². The zero-order valence-corrected chi connectivity index (χ0v) is 36.4. The molecule has 0 saturated heterocycles. The van der Waals surface area contributed by atoms with E-state index < -0.39 is 0 Å². The average molecular weight is 965 g/mol. The van der Waals surface area contributed by atoms with Gasteiger partial charge in [0.1, 0.15) is 5.69 Å². The minimum absolute atomic E-state index is 0. The molecule has 10 heteroatoms. The van der Waals surface area contributed by atoms with Crippen LogP contribution in [0.3, 0.4) is 0 Å². The molecular formula is C53H40N3O6Sm. The number of pyridine rings is 1. The Morgan fingerprint density at radius 3 is 0.905 bits per heavy atom. The van der Waals surface area contributed by atoms with Gasteiger partial charge in [-0.05, 0) is 47.1 Å². The summed E-state index contributed by atoms with van der Waals surface area (Å²) in [6, 6.07) is 58.3. The first-order chi connectivity index (χ1) is 30.3. The van der Waals surface area contributed by atoms with E-state index in [9.17, 15) is 29.7 Å². The summed E-state index contributed by atoms with van der Waals surface area (Å²) in [6.07, 6.45) is 8.63. The van der Waals surface area contributed by atoms with E-state index in [1.807, 2.05) is 54.6 Å². The zero-order valence-electron chi connectivity index (χ0n) is 33.8. The summed E-state index contributed by atoms with van der Waals surface area (Å²) in [5.74, 6) is -0.776. The standard InChI is InChI=1S/3C15H12O2.C8H7N3.Sm/c3*16-14(12-7-3-1-4-8-12)11-15(17)13-9-5-2-6-10-13;1-2-4-9-7(3-1)8-10-5-6-11-8;/h3*1-11,16H;1-6H,(H,10,11);/q;;;;+3/p-3/b3*14-11-;;. The van der Waals surface area contributed by atoms with E-state index in [-0.39, 0.29) is 75.0 Å². The molecule has 0 fully saturated rings. The third kappa shape index (κ3) is 16.6. The number of nitrogens with zero attached hydrogens (tertiary/aromatic N) is 2. The number of ketones is 3. The molecule has 0 aliphatic carbocycles. The molecule has 2 aromatic heterocycles. The van der Waals surface area contributed by atoms with Crippen LogP contribution >= 0.6 is 0 Å². The van der Waals surface area contributed by atoms with Gasteiger partial charge in [0.05, 0.1) is 0 Å². The molecule has 8 aromatic rings. The molecule has 1 N–H and O–H groups in total. The van der Waals surface area contributed by atoms with Gasteiger partial charge < -0.3 is 20.3 Å². The largest absolute Gasteiger partial charge is 3.00 e. The van der Waals surface area contributed by atoms with Gasteiger partial charge in [-0.25, -0.2) is 4.98 Å². The summed E-state index contributed by atoms with van der Waals surface area (Å²) in [6.45, 7) is 0. The average Bonchev–Trinajstić information content (AvgIpc) is 3.90. The maximum atomic E-state index is 11.8. The van der Waals surface area contributed by atoms with Crippen molar-refractivity contribution in [2.45, 2.75) is 0 Å². The third-order valence-corrected chi connectivity index (χ3v) is 8.54. The van der Waals surface area contributed by atoms with Crippen LogP contribution in [0.5, 0.6) is 0 Å². The summed E-state index contributed by atoms with van der Waals surface area (Å²) >= 11 is 0. The van der Waals surface area contributed by atoms with Gasteiger partial charge in [-0.1, -0.05) is 205 Å². The van der Waals surface area contributed by atoms with Crippen molar-refractivity contribution in [3.05, 3.63) is 270 Å². The number of rotatable bonds is 10. The van der Waals surface area contributed by atoms with Gasteiger partial charge in [0.2, 0.25) is 0 Å². The van der Waals surface area contributed by atoms with E-state index in [1.54, 1.807) is 164 Å². The van der Waals surface area contributed by atoms with Crippen molar-refractivity contribution in [1.82, 2.24) is 15.0 Å². The molecule has 0 bridgehead atoms. The van der Waals surface area contributed by atoms with Crippen molar-refractivity contribution in [2.24, 2.45) is 0 Å². The molecule has 0 atom stereocenters. The molecule has 309 valence electrons. The second-order valence-corrected chi connectivity index (χ2v) is 13.0. The first-order valence-electron chi connectivity index (χ1n) is 19.3. The Balaban J connectivity index is 0.000000185. The molecule has 0 aliphatic rings. The molecule has 63 heavy (non-hydrogen) atoms. The molecule has 0 unspecified atom stereocenters. The Morgan fingerprint density at radius 1 is 0.365 bits per heavy atom. The molecule has 8 rings (SSSR count). The molecule has 0 aliphatic heterocycles. The molecule has 2 heterocycles. The Morgan fingerprint density at radius 2 is 0.651 bits per heavy atom. The maximum absolute atomic E-state index is 11.8. The number of carbonyl (C=O) groups excluding carboxylic acids is 3. The first kappa shape index (κ1) is 48.3. The number of H-pyrrole nitrogens is 1. The predicted molar refractivity (Wildman–Crippen MR) is 237 cm³/mol. The zero-order chi connectivity index (χ0) is 43.8. The SMILES string of the molecule is O=C(/C=C(\[O-])c1ccccc1)c1ccccc1.O=C(/C=C(\[O-])c1ccccc1)c1ccccc1.O=C(/C=C(\[O-])c1ccccc1)c1ccccc1.[Sm+3].c1ccc(-c2ncc[nH]2)nc1. The van der Waals surface area contributed by atoms with Crippen LogP contribution in [0.15, 0.2) is 237 Å². The minimum atomic E-state index is -0.264. The van der Waals surface area contributed by atoms with Gasteiger partial charge in [0.15, 0.2) is 23.2 Å². The van der Waals surface area contributed by atoms with Gasteiger partial charge in [-0.15, -0.1) is 0 Å². The van der Waals surface area contributed by atoms with Crippen molar-refractivity contribution in [3.8, 4) is 11.5 Å². The molecule has 1 radical (unpaired) electrons. The maximum Gasteiger partial charge on any atom is 3.00 e. The van der Waals surface area contributed by atoms with Crippen molar-refractivity contribution in [2.75, 3.05) is 0 Å². The van der Waals surface area contributed by atoms with E-state index in [0.717, 1.165) is 29.7 Å². The topological polar surface area (TPSA) is 162 Å². The summed E-state index contributed by atoms with van der Waals surface area (Å²) in [7, 11) is 0. The fourth-order valence-electron chi connectivity index (χ4n) is 5.38. The molecular weight excluding hydrogens is 925 g/mol. The molecule has 0 amide bonds. The summed E-state index contributed by atoms with van der Waals surface area (Å²) in [5.41, 5.74) is 4.02. The van der Waals surface area contributed by atoms with E-state index in [1.165, 1.54) is 0 Å². The smallest absolute Gasteiger partial charge is 0.872 e. The number of hydrogen-bond acceptors (Lipinski definition) is 8. The van der Waals surface area contributed by atoms with E-state index in [2.05, 4.69) is 15.0 Å². The number of imidazole rings is 1. The van der Waals surface area contributed by atoms with Crippen LogP contribution in [0.4, 0.5) is 0 Å². The Kier molecular flexibility index (Phi) is 20.5. The second-order valence-electron chi connectivity index (χ2n) is 13.0. The van der Waals surface area contributed by atoms with Crippen LogP contribution in [-0.2, 0) is 0 Å². The van der Waals surface area contributed by atoms with E-state index in [4.69, 9.17) is 0 Å². The normalized spacial score (nSPS) is 10.8. The monoisotopic (exact) mass is 966 g/mol. The van der Waals surface area contributed by atoms with Gasteiger partial charge >= 0.3 is 40.4 Å². The number of allylic oxidation sites excluding steroid dienone is 3. The van der Waals surface area contributed by atoms with Gasteiger partial charge in [0.25, 0.3) is 0 Å². The number of carbonyl (C=O) groups is 3. The van der Waals surface area contributed by atoms with Crippen molar-refractivity contribution < 1.29 is 70.1 Å². The number of aromatic amines is 1. The quantitative estimate of drug-likeness (QED) is 0.0814. The van der Waals surface area contributed by atoms with Crippen molar-refractivity contribution in [1.29, 1.82) is 0 Å². The van der Waals surface area contributed by atoms with Crippen LogP contribution in [0.2, 0.25) is 0 Å². The fourth-order valence-corrected chi connectivity index (χ4v) is 5.38. The molecule has 6 aromatic carbocycles. The van der Waals surface area contributed by atoms with Crippen LogP contribution in [0.1, 0.15) is 47.8 Å². The molecule has 0 saturated carbocycles. The number of aromatic nitrogens is 3. The van der Waals surface area contributed by atoms with Crippen LogP contribution in [-0.4, -0.2) is 32.3 Å². The van der Waals surface area contributed by atoms with E-state index in [0.29, 0.717) is 33.4 Å². The Labute approximate surface area is 398 Å². The third-order valence-electron chi connectivity index (χ3n) is 8.54. The van der Waals surface area contributed by atoms with Crippen LogP contribution in [0, 0.1) is 40.4 Å². The number of benzene rings is 6. The summed E-state index contributed by atoms with van der Waals surface area (Å²) in [4.78, 5) is 46.4. The summed E-state index contributed by atoms with van der Waals surface area (Å²) in [5, 5.41) is 35.3. The van der Waals surface area contributed by atoms with Gasteiger partial charge in [-0.2, -0.15) is 0 Å². The van der Waals surface area contributed by atoms with Crippen molar-refractivity contribution in [3.63, 3.8) is 0 Å². The van der Waals surface area contributed by atoms with E-state index >= 15 is 0 Å². The van der Waals surface area contributed by atoms with Crippen molar-refractivity contribution >= 4 is 34.6 Å². The second kappa shape index (κ2) is 26.8. The Bertz CT molecular complexity index is 2420. The molecule has 0 spiro atoms. The van der Waals surface area contributed by atoms with Gasteiger partial charge in [0, 0.05) is 35.3 Å². The number of hydrogen-bond donors (Lipinski definition) is 1. The Hall–Kier alpha value is -7.35. The van der Waals surface area contributed by atoms with Gasteiger partial charge in [-0.3, -0.25) is 19.4 Å². The summed E-state index contributed by atoms with van der Waals surface area (Å²) < 4.78 is 0. The number of nitrogens with one attached hydrogen (secondary N) is 1. The van der Waals surface area contributed by atoms with Crippen LogP contribution < -0.4 is 15.3 Å². The molecule has 9 nitrogen and oxygen atoms in total. The fraction of sp³-hybridized carbons (Fsp3) is 0. The predicted octanol–water partition coefficient (Wildman–Crippen LogP) is 8.28.